The number of nitrogens with zero attached hydrogens (tertiary/aromatic N) is 1. The Balaban J connectivity index is 2.68. The number of benzene rings is 1. The second-order valence-corrected chi connectivity index (χ2v) is 3.52. The van der Waals surface area contributed by atoms with E-state index in [4.69, 9.17) is 0 Å². The van der Waals surface area contributed by atoms with Gasteiger partial charge in [-0.3, -0.25) is 9.59 Å². The van der Waals surface area contributed by atoms with Crippen LogP contribution in [0.4, 0.5) is 5.69 Å². The second-order valence-electron chi connectivity index (χ2n) is 3.52. The van der Waals surface area contributed by atoms with Gasteiger partial charge >= 0.3 is 0 Å². The van der Waals surface area contributed by atoms with Crippen LogP contribution in [0, 0.1) is 0 Å². The van der Waals surface area contributed by atoms with Gasteiger partial charge in [0.05, 0.1) is 5.92 Å². The molecular weight excluding hydrogens is 178 g/mol. The van der Waals surface area contributed by atoms with E-state index in [0.29, 0.717) is 5.56 Å². The molecule has 0 bridgehead atoms. The molecule has 14 heavy (non-hydrogen) atoms. The van der Waals surface area contributed by atoms with Crippen LogP contribution in [0.2, 0.25) is 0 Å². The van der Waals surface area contributed by atoms with E-state index in [9.17, 15) is 9.59 Å². The first-order valence-electron chi connectivity index (χ1n) is 4.52. The summed E-state index contributed by atoms with van der Waals surface area (Å²) in [5.74, 6) is -0.148. The molecule has 0 saturated heterocycles. The molecule has 1 aliphatic rings. The Morgan fingerprint density at radius 3 is 2.79 bits per heavy atom. The van der Waals surface area contributed by atoms with Crippen molar-refractivity contribution in [2.75, 3.05) is 11.9 Å². The van der Waals surface area contributed by atoms with Crippen molar-refractivity contribution in [2.45, 2.75) is 12.8 Å². The molecular formula is C11H11NO2. The van der Waals surface area contributed by atoms with E-state index >= 15 is 0 Å². The Morgan fingerprint density at radius 2 is 2.14 bits per heavy atom. The molecule has 1 amide bonds. The molecule has 72 valence electrons. The lowest BCUT2D eigenvalue weighted by molar-refractivity contribution is -0.118. The monoisotopic (exact) mass is 189 g/mol. The summed E-state index contributed by atoms with van der Waals surface area (Å²) in [6, 6.07) is 5.41. The van der Waals surface area contributed by atoms with Crippen molar-refractivity contribution in [3.63, 3.8) is 0 Å². The number of hydrogen-bond acceptors (Lipinski definition) is 2. The smallest absolute Gasteiger partial charge is 0.234 e. The predicted octanol–water partition coefficient (Wildman–Crippen LogP) is 1.58. The summed E-state index contributed by atoms with van der Waals surface area (Å²) < 4.78 is 0. The largest absolute Gasteiger partial charge is 0.315 e. The zero-order valence-electron chi connectivity index (χ0n) is 8.15. The normalized spacial score (nSPS) is 19.7. The third kappa shape index (κ3) is 0.985. The predicted molar refractivity (Wildman–Crippen MR) is 53.7 cm³/mol. The molecule has 0 fully saturated rings. The fourth-order valence-corrected chi connectivity index (χ4v) is 1.97. The van der Waals surface area contributed by atoms with E-state index in [1.54, 1.807) is 24.1 Å². The van der Waals surface area contributed by atoms with E-state index in [2.05, 4.69) is 0 Å². The van der Waals surface area contributed by atoms with Gasteiger partial charge in [-0.2, -0.15) is 0 Å². The Hall–Kier alpha value is -1.64. The third-order valence-electron chi connectivity index (χ3n) is 2.74. The zero-order chi connectivity index (χ0) is 10.3. The SMILES string of the molecule is CC1C(=O)N(C)c2cccc(C=O)c21. The van der Waals surface area contributed by atoms with E-state index in [0.717, 1.165) is 17.5 Å². The first kappa shape index (κ1) is 8.94. The maximum absolute atomic E-state index is 11.6. The van der Waals surface area contributed by atoms with Crippen molar-refractivity contribution in [3.8, 4) is 0 Å². The number of fused-ring (bicyclic) bond motifs is 1. The van der Waals surface area contributed by atoms with Crippen LogP contribution in [0.1, 0.15) is 28.8 Å². The Kier molecular flexibility index (Phi) is 1.88. The van der Waals surface area contributed by atoms with Crippen LogP contribution < -0.4 is 4.90 Å². The molecule has 0 saturated carbocycles. The van der Waals surface area contributed by atoms with E-state index in [1.807, 2.05) is 13.0 Å². The van der Waals surface area contributed by atoms with Gasteiger partial charge in [0.25, 0.3) is 0 Å². The molecule has 1 atom stereocenters. The standard InChI is InChI=1S/C11H11NO2/c1-7-10-8(6-13)4-3-5-9(10)12(2)11(7)14/h3-7H,1-2H3. The molecule has 2 rings (SSSR count). The quantitative estimate of drug-likeness (QED) is 0.629. The summed E-state index contributed by atoms with van der Waals surface area (Å²) in [7, 11) is 1.74. The van der Waals surface area contributed by atoms with Gasteiger partial charge in [-0.05, 0) is 18.6 Å². The summed E-state index contributed by atoms with van der Waals surface area (Å²) in [5, 5.41) is 0. The average molecular weight is 189 g/mol. The molecule has 1 heterocycles. The van der Waals surface area contributed by atoms with Crippen molar-refractivity contribution in [2.24, 2.45) is 0 Å². The first-order valence-corrected chi connectivity index (χ1v) is 4.52. The molecule has 0 aromatic heterocycles. The fraction of sp³-hybridized carbons (Fsp3) is 0.273. The molecule has 0 N–H and O–H groups in total. The highest BCUT2D eigenvalue weighted by Gasteiger charge is 2.33. The summed E-state index contributed by atoms with van der Waals surface area (Å²) in [5.41, 5.74) is 2.33. The van der Waals surface area contributed by atoms with Gasteiger partial charge < -0.3 is 4.90 Å². The number of aldehydes is 1. The van der Waals surface area contributed by atoms with Crippen molar-refractivity contribution >= 4 is 17.9 Å². The van der Waals surface area contributed by atoms with Crippen LogP contribution in [-0.2, 0) is 4.79 Å². The van der Waals surface area contributed by atoms with Gasteiger partial charge in [-0.15, -0.1) is 0 Å². The van der Waals surface area contributed by atoms with Crippen molar-refractivity contribution in [3.05, 3.63) is 29.3 Å². The van der Waals surface area contributed by atoms with Crippen LogP contribution in [0.5, 0.6) is 0 Å². The highest BCUT2D eigenvalue weighted by molar-refractivity contribution is 6.06. The zero-order valence-corrected chi connectivity index (χ0v) is 8.15. The van der Waals surface area contributed by atoms with E-state index in [1.165, 1.54) is 0 Å². The van der Waals surface area contributed by atoms with Gasteiger partial charge in [-0.1, -0.05) is 12.1 Å². The second kappa shape index (κ2) is 2.94. The molecule has 1 aliphatic heterocycles. The fourth-order valence-electron chi connectivity index (χ4n) is 1.97. The number of amides is 1. The van der Waals surface area contributed by atoms with Crippen LogP contribution in [0.15, 0.2) is 18.2 Å². The first-order chi connectivity index (χ1) is 6.66. The molecule has 0 radical (unpaired) electrons. The van der Waals surface area contributed by atoms with Crippen LogP contribution in [0.25, 0.3) is 0 Å². The van der Waals surface area contributed by atoms with Crippen molar-refractivity contribution < 1.29 is 9.59 Å². The third-order valence-corrected chi connectivity index (χ3v) is 2.74. The lowest BCUT2D eigenvalue weighted by Gasteiger charge is -2.09. The maximum Gasteiger partial charge on any atom is 0.234 e. The van der Waals surface area contributed by atoms with Crippen LogP contribution in [0.3, 0.4) is 0 Å². The molecule has 0 aliphatic carbocycles. The minimum Gasteiger partial charge on any atom is -0.315 e. The Morgan fingerprint density at radius 1 is 1.43 bits per heavy atom. The number of carbonyl (C=O) groups is 2. The van der Waals surface area contributed by atoms with E-state index < -0.39 is 0 Å². The summed E-state index contributed by atoms with van der Waals surface area (Å²) >= 11 is 0. The lowest BCUT2D eigenvalue weighted by atomic mass is 9.98. The van der Waals surface area contributed by atoms with Gasteiger partial charge in [-0.25, -0.2) is 0 Å². The highest BCUT2D eigenvalue weighted by atomic mass is 16.2. The van der Waals surface area contributed by atoms with Crippen LogP contribution in [-0.4, -0.2) is 19.2 Å². The molecule has 3 heteroatoms. The van der Waals surface area contributed by atoms with Crippen molar-refractivity contribution in [1.29, 1.82) is 0 Å². The molecule has 1 unspecified atom stereocenters. The Labute approximate surface area is 82.3 Å². The number of hydrogen-bond donors (Lipinski definition) is 0. The molecule has 0 spiro atoms. The van der Waals surface area contributed by atoms with Gasteiger partial charge in [0.15, 0.2) is 0 Å². The van der Waals surface area contributed by atoms with Gasteiger partial charge in [0.1, 0.15) is 6.29 Å². The number of likely N-dealkylation sites (N-methyl/N-ethyl adjacent to an activating group) is 1. The molecule has 1 aromatic rings. The minimum atomic E-state index is -0.198. The van der Waals surface area contributed by atoms with E-state index in [-0.39, 0.29) is 11.8 Å². The maximum atomic E-state index is 11.6. The summed E-state index contributed by atoms with van der Waals surface area (Å²) in [6.07, 6.45) is 0.807. The summed E-state index contributed by atoms with van der Waals surface area (Å²) in [6.45, 7) is 1.83. The van der Waals surface area contributed by atoms with Gasteiger partial charge in [0.2, 0.25) is 5.91 Å². The van der Waals surface area contributed by atoms with Crippen LogP contribution >= 0.6 is 0 Å². The minimum absolute atomic E-state index is 0.0503. The number of anilines is 1. The van der Waals surface area contributed by atoms with Gasteiger partial charge in [0, 0.05) is 18.3 Å². The van der Waals surface area contributed by atoms with Crippen molar-refractivity contribution in [1.82, 2.24) is 0 Å². The summed E-state index contributed by atoms with van der Waals surface area (Å²) in [4.78, 5) is 24.0. The molecule has 3 nitrogen and oxygen atoms in total. The Bertz CT molecular complexity index is 412. The average Bonchev–Trinajstić information content (AvgIpc) is 2.44. The highest BCUT2D eigenvalue weighted by Crippen LogP contribution is 2.37. The topological polar surface area (TPSA) is 37.4 Å². The lowest BCUT2D eigenvalue weighted by Crippen LogP contribution is -2.22. The molecule has 1 aromatic carbocycles. The number of carbonyl (C=O) groups excluding carboxylic acids is 2. The number of rotatable bonds is 1.